The van der Waals surface area contributed by atoms with Gasteiger partial charge in [0, 0.05) is 37.8 Å². The van der Waals surface area contributed by atoms with E-state index in [0.29, 0.717) is 32.1 Å². The molecule has 0 atom stereocenters. The molecule has 1 aliphatic heterocycles. The second-order valence-corrected chi connectivity index (χ2v) is 6.60. The molecule has 1 fully saturated rings. The minimum atomic E-state index is 0.0586. The van der Waals surface area contributed by atoms with Crippen LogP contribution in [-0.2, 0) is 0 Å². The van der Waals surface area contributed by atoms with E-state index < -0.39 is 0 Å². The average Bonchev–Trinajstić information content (AvgIpc) is 2.78. The fraction of sp³-hybridized carbons (Fsp3) is 0.286. The third kappa shape index (κ3) is 3.55. The number of fused-ring (bicyclic) bond motifs is 1. The smallest absolute Gasteiger partial charge is 0.321 e. The molecule has 1 aromatic heterocycles. The second-order valence-electron chi connectivity index (χ2n) is 6.60. The van der Waals surface area contributed by atoms with E-state index in [1.54, 1.807) is 13.2 Å². The van der Waals surface area contributed by atoms with Gasteiger partial charge in [-0.2, -0.15) is 9.97 Å². The number of benzene rings is 2. The summed E-state index contributed by atoms with van der Waals surface area (Å²) in [5.74, 6) is 1.25. The number of carbonyl (C=O) groups excluding carboxylic acids is 1. The number of rotatable bonds is 4. The summed E-state index contributed by atoms with van der Waals surface area (Å²) >= 11 is 0. The Bertz CT molecular complexity index is 978. The lowest BCUT2D eigenvalue weighted by molar-refractivity contribution is 0.0746. The van der Waals surface area contributed by atoms with Crippen LogP contribution >= 0.6 is 0 Å². The summed E-state index contributed by atoms with van der Waals surface area (Å²) in [6.07, 6.45) is 0. The lowest BCUT2D eigenvalue weighted by Gasteiger charge is -2.35. The molecule has 0 N–H and O–H groups in total. The van der Waals surface area contributed by atoms with Crippen molar-refractivity contribution < 1.29 is 14.3 Å². The van der Waals surface area contributed by atoms with Gasteiger partial charge in [0.05, 0.1) is 14.2 Å². The SMILES string of the molecule is COc1cc(N2CCN(C(=O)c3ccc4ccccc4c3)CC2)nc(OC)n1. The van der Waals surface area contributed by atoms with E-state index in [4.69, 9.17) is 9.47 Å². The predicted octanol–water partition coefficient (Wildman–Crippen LogP) is 2.61. The normalized spacial score (nSPS) is 14.2. The van der Waals surface area contributed by atoms with Crippen LogP contribution < -0.4 is 14.4 Å². The summed E-state index contributed by atoms with van der Waals surface area (Å²) in [6.45, 7) is 2.62. The molecule has 144 valence electrons. The summed E-state index contributed by atoms with van der Waals surface area (Å²) in [5.41, 5.74) is 0.720. The number of amides is 1. The quantitative estimate of drug-likeness (QED) is 0.695. The first-order chi connectivity index (χ1) is 13.7. The van der Waals surface area contributed by atoms with Crippen molar-refractivity contribution in [2.24, 2.45) is 0 Å². The Balaban J connectivity index is 1.46. The summed E-state index contributed by atoms with van der Waals surface area (Å²) in [4.78, 5) is 25.4. The van der Waals surface area contributed by atoms with Crippen molar-refractivity contribution in [3.63, 3.8) is 0 Å². The summed E-state index contributed by atoms with van der Waals surface area (Å²) in [6, 6.07) is 16.0. The van der Waals surface area contributed by atoms with Gasteiger partial charge in [-0.1, -0.05) is 30.3 Å². The van der Waals surface area contributed by atoms with Crippen LogP contribution in [-0.4, -0.2) is 61.2 Å². The number of nitrogens with zero attached hydrogens (tertiary/aromatic N) is 4. The lowest BCUT2D eigenvalue weighted by Crippen LogP contribution is -2.49. The number of carbonyl (C=O) groups is 1. The van der Waals surface area contributed by atoms with E-state index in [0.717, 1.165) is 22.2 Å². The summed E-state index contributed by atoms with van der Waals surface area (Å²) < 4.78 is 10.4. The molecule has 7 heteroatoms. The van der Waals surface area contributed by atoms with Crippen molar-refractivity contribution in [2.75, 3.05) is 45.3 Å². The Morgan fingerprint density at radius 3 is 2.36 bits per heavy atom. The van der Waals surface area contributed by atoms with Crippen LogP contribution in [0, 0.1) is 0 Å². The van der Waals surface area contributed by atoms with Crippen molar-refractivity contribution in [2.45, 2.75) is 0 Å². The van der Waals surface area contributed by atoms with E-state index in [1.807, 2.05) is 47.4 Å². The Labute approximate surface area is 163 Å². The molecule has 0 spiro atoms. The molecule has 0 bridgehead atoms. The highest BCUT2D eigenvalue weighted by Gasteiger charge is 2.24. The van der Waals surface area contributed by atoms with Gasteiger partial charge in [-0.25, -0.2) is 0 Å². The standard InChI is InChI=1S/C21H22N4O3/c1-27-19-14-18(22-21(23-19)28-2)24-9-11-25(12-10-24)20(26)17-8-7-15-5-3-4-6-16(15)13-17/h3-8,13-14H,9-12H2,1-2H3. The van der Waals surface area contributed by atoms with Gasteiger partial charge in [-0.05, 0) is 22.9 Å². The highest BCUT2D eigenvalue weighted by Crippen LogP contribution is 2.23. The van der Waals surface area contributed by atoms with Gasteiger partial charge >= 0.3 is 6.01 Å². The first kappa shape index (κ1) is 18.0. The maximum absolute atomic E-state index is 12.9. The number of hydrogen-bond donors (Lipinski definition) is 0. The van der Waals surface area contributed by atoms with Crippen LogP contribution in [0.5, 0.6) is 11.9 Å². The minimum Gasteiger partial charge on any atom is -0.481 e. The highest BCUT2D eigenvalue weighted by atomic mass is 16.5. The lowest BCUT2D eigenvalue weighted by atomic mass is 10.1. The zero-order valence-corrected chi connectivity index (χ0v) is 16.0. The van der Waals surface area contributed by atoms with Crippen LogP contribution in [0.1, 0.15) is 10.4 Å². The van der Waals surface area contributed by atoms with Crippen molar-refractivity contribution >= 4 is 22.5 Å². The zero-order chi connectivity index (χ0) is 19.5. The summed E-state index contributed by atoms with van der Waals surface area (Å²) in [7, 11) is 3.09. The molecule has 1 saturated heterocycles. The third-order valence-corrected chi connectivity index (χ3v) is 4.95. The molecule has 0 unspecified atom stereocenters. The van der Waals surface area contributed by atoms with Gasteiger partial charge in [0.25, 0.3) is 5.91 Å². The molecule has 28 heavy (non-hydrogen) atoms. The van der Waals surface area contributed by atoms with E-state index in [1.165, 1.54) is 7.11 Å². The molecular weight excluding hydrogens is 356 g/mol. The van der Waals surface area contributed by atoms with Gasteiger partial charge in [0.15, 0.2) is 0 Å². The van der Waals surface area contributed by atoms with Crippen LogP contribution in [0.2, 0.25) is 0 Å². The maximum Gasteiger partial charge on any atom is 0.321 e. The molecule has 3 aromatic rings. The molecule has 0 saturated carbocycles. The predicted molar refractivity (Wildman–Crippen MR) is 107 cm³/mol. The summed E-state index contributed by atoms with van der Waals surface area (Å²) in [5, 5.41) is 2.21. The van der Waals surface area contributed by atoms with E-state index in [-0.39, 0.29) is 11.9 Å². The van der Waals surface area contributed by atoms with Crippen molar-refractivity contribution in [3.05, 3.63) is 54.1 Å². The monoisotopic (exact) mass is 378 g/mol. The Kier molecular flexibility index (Phi) is 4.97. The van der Waals surface area contributed by atoms with Crippen molar-refractivity contribution in [1.82, 2.24) is 14.9 Å². The maximum atomic E-state index is 12.9. The largest absolute Gasteiger partial charge is 0.481 e. The Morgan fingerprint density at radius 2 is 1.64 bits per heavy atom. The zero-order valence-electron chi connectivity index (χ0n) is 16.0. The fourth-order valence-electron chi connectivity index (χ4n) is 3.39. The van der Waals surface area contributed by atoms with Crippen LogP contribution in [0.25, 0.3) is 10.8 Å². The molecule has 2 heterocycles. The Morgan fingerprint density at radius 1 is 0.893 bits per heavy atom. The third-order valence-electron chi connectivity index (χ3n) is 4.95. The number of piperazine rings is 1. The van der Waals surface area contributed by atoms with Crippen LogP contribution in [0.3, 0.4) is 0 Å². The average molecular weight is 378 g/mol. The van der Waals surface area contributed by atoms with E-state index in [2.05, 4.69) is 14.9 Å². The van der Waals surface area contributed by atoms with E-state index in [9.17, 15) is 4.79 Å². The van der Waals surface area contributed by atoms with Gasteiger partial charge in [-0.3, -0.25) is 4.79 Å². The topological polar surface area (TPSA) is 67.8 Å². The van der Waals surface area contributed by atoms with E-state index >= 15 is 0 Å². The van der Waals surface area contributed by atoms with Gasteiger partial charge < -0.3 is 19.3 Å². The second kappa shape index (κ2) is 7.72. The van der Waals surface area contributed by atoms with Gasteiger partial charge in [0.2, 0.25) is 5.88 Å². The van der Waals surface area contributed by atoms with Crippen molar-refractivity contribution in [3.8, 4) is 11.9 Å². The molecule has 0 aliphatic carbocycles. The molecule has 1 amide bonds. The van der Waals surface area contributed by atoms with Gasteiger partial charge in [-0.15, -0.1) is 0 Å². The Hall–Kier alpha value is -3.35. The number of ether oxygens (including phenoxy) is 2. The highest BCUT2D eigenvalue weighted by molar-refractivity contribution is 5.98. The molecule has 0 radical (unpaired) electrons. The first-order valence-electron chi connectivity index (χ1n) is 9.18. The molecule has 2 aromatic carbocycles. The van der Waals surface area contributed by atoms with Crippen LogP contribution in [0.4, 0.5) is 5.82 Å². The minimum absolute atomic E-state index is 0.0586. The number of hydrogen-bond acceptors (Lipinski definition) is 6. The number of aromatic nitrogens is 2. The number of anilines is 1. The van der Waals surface area contributed by atoms with Crippen LogP contribution in [0.15, 0.2) is 48.5 Å². The number of methoxy groups -OCH3 is 2. The fourth-order valence-corrected chi connectivity index (χ4v) is 3.39. The first-order valence-corrected chi connectivity index (χ1v) is 9.18. The molecule has 7 nitrogen and oxygen atoms in total. The molecular formula is C21H22N4O3. The van der Waals surface area contributed by atoms with Gasteiger partial charge in [0.1, 0.15) is 5.82 Å². The molecule has 4 rings (SSSR count). The van der Waals surface area contributed by atoms with Crippen molar-refractivity contribution in [1.29, 1.82) is 0 Å². The molecule has 1 aliphatic rings.